The summed E-state index contributed by atoms with van der Waals surface area (Å²) in [5, 5.41) is 7.41. The van der Waals surface area contributed by atoms with Crippen LogP contribution in [0.3, 0.4) is 0 Å². The number of pyridine rings is 1. The average molecular weight is 320 g/mol. The molecule has 0 aliphatic carbocycles. The molecule has 5 nitrogen and oxygen atoms in total. The van der Waals surface area contributed by atoms with E-state index in [0.717, 1.165) is 23.5 Å². The lowest BCUT2D eigenvalue weighted by atomic mass is 10.1. The SMILES string of the molecule is Cc1cc(C)n(-c2ccc(CCNC(=O)c3ccncc3)cc2)n1. The summed E-state index contributed by atoms with van der Waals surface area (Å²) in [4.78, 5) is 15.9. The second-order valence-electron chi connectivity index (χ2n) is 5.75. The monoisotopic (exact) mass is 320 g/mol. The van der Waals surface area contributed by atoms with E-state index in [1.165, 1.54) is 5.56 Å². The third-order valence-electron chi connectivity index (χ3n) is 3.83. The largest absolute Gasteiger partial charge is 0.352 e. The number of rotatable bonds is 5. The van der Waals surface area contributed by atoms with Gasteiger partial charge in [0, 0.05) is 30.2 Å². The molecule has 122 valence electrons. The van der Waals surface area contributed by atoms with Crippen molar-refractivity contribution >= 4 is 5.91 Å². The van der Waals surface area contributed by atoms with Gasteiger partial charge in [0.25, 0.3) is 5.91 Å². The van der Waals surface area contributed by atoms with Gasteiger partial charge >= 0.3 is 0 Å². The standard InChI is InChI=1S/C19H20N4O/c1-14-13-15(2)23(22-14)18-5-3-16(4-6-18)7-12-21-19(24)17-8-10-20-11-9-17/h3-6,8-11,13H,7,12H2,1-2H3,(H,21,24). The minimum atomic E-state index is -0.0725. The van der Waals surface area contributed by atoms with Gasteiger partial charge in [-0.2, -0.15) is 5.10 Å². The first-order valence-electron chi connectivity index (χ1n) is 7.94. The van der Waals surface area contributed by atoms with Crippen molar-refractivity contribution in [1.82, 2.24) is 20.1 Å². The van der Waals surface area contributed by atoms with Gasteiger partial charge < -0.3 is 5.32 Å². The van der Waals surface area contributed by atoms with Crippen LogP contribution >= 0.6 is 0 Å². The van der Waals surface area contributed by atoms with E-state index in [4.69, 9.17) is 0 Å². The van der Waals surface area contributed by atoms with Gasteiger partial charge in [0.15, 0.2) is 0 Å². The van der Waals surface area contributed by atoms with Crippen molar-refractivity contribution in [2.24, 2.45) is 0 Å². The van der Waals surface area contributed by atoms with E-state index in [9.17, 15) is 4.79 Å². The fourth-order valence-corrected chi connectivity index (χ4v) is 2.62. The summed E-state index contributed by atoms with van der Waals surface area (Å²) in [5.41, 5.74) is 4.98. The Bertz CT molecular complexity index is 822. The molecule has 3 rings (SSSR count). The molecular weight excluding hydrogens is 300 g/mol. The van der Waals surface area contributed by atoms with E-state index in [1.807, 2.05) is 18.5 Å². The van der Waals surface area contributed by atoms with Crippen LogP contribution in [0.2, 0.25) is 0 Å². The summed E-state index contributed by atoms with van der Waals surface area (Å²) in [6.07, 6.45) is 4.02. The number of amides is 1. The summed E-state index contributed by atoms with van der Waals surface area (Å²) in [7, 11) is 0. The van der Waals surface area contributed by atoms with Crippen molar-refractivity contribution in [3.05, 3.63) is 77.4 Å². The maximum atomic E-state index is 12.0. The van der Waals surface area contributed by atoms with Gasteiger partial charge in [-0.05, 0) is 56.2 Å². The number of nitrogens with zero attached hydrogens (tertiary/aromatic N) is 3. The first kappa shape index (κ1) is 15.9. The minimum absolute atomic E-state index is 0.0725. The second-order valence-corrected chi connectivity index (χ2v) is 5.75. The number of hydrogen-bond donors (Lipinski definition) is 1. The van der Waals surface area contributed by atoms with Crippen molar-refractivity contribution in [2.45, 2.75) is 20.3 Å². The van der Waals surface area contributed by atoms with Crippen LogP contribution in [0.15, 0.2) is 54.9 Å². The molecule has 0 unspecified atom stereocenters. The topological polar surface area (TPSA) is 59.8 Å². The Morgan fingerprint density at radius 2 is 1.79 bits per heavy atom. The third-order valence-corrected chi connectivity index (χ3v) is 3.83. The molecule has 5 heteroatoms. The van der Waals surface area contributed by atoms with Gasteiger partial charge in [-0.1, -0.05) is 12.1 Å². The Morgan fingerprint density at radius 1 is 1.08 bits per heavy atom. The van der Waals surface area contributed by atoms with Crippen LogP contribution in [0.25, 0.3) is 5.69 Å². The van der Waals surface area contributed by atoms with Crippen LogP contribution in [0, 0.1) is 13.8 Å². The summed E-state index contributed by atoms with van der Waals surface area (Å²) in [5.74, 6) is -0.0725. The van der Waals surface area contributed by atoms with Gasteiger partial charge in [-0.25, -0.2) is 4.68 Å². The molecule has 0 saturated heterocycles. The summed E-state index contributed by atoms with van der Waals surface area (Å²) in [6, 6.07) is 13.7. The molecule has 0 aliphatic rings. The lowest BCUT2D eigenvalue weighted by Gasteiger charge is -2.07. The number of aryl methyl sites for hydroxylation is 2. The molecule has 1 amide bonds. The maximum absolute atomic E-state index is 12.0. The molecule has 24 heavy (non-hydrogen) atoms. The highest BCUT2D eigenvalue weighted by molar-refractivity contribution is 5.93. The van der Waals surface area contributed by atoms with Gasteiger partial charge in [0.1, 0.15) is 0 Å². The molecule has 2 aromatic heterocycles. The van der Waals surface area contributed by atoms with Crippen molar-refractivity contribution in [3.63, 3.8) is 0 Å². The van der Waals surface area contributed by atoms with Crippen LogP contribution < -0.4 is 5.32 Å². The first-order valence-corrected chi connectivity index (χ1v) is 7.94. The number of carbonyl (C=O) groups excluding carboxylic acids is 1. The van der Waals surface area contributed by atoms with Crippen LogP contribution in [-0.2, 0) is 6.42 Å². The molecule has 2 heterocycles. The van der Waals surface area contributed by atoms with Crippen molar-refractivity contribution in [3.8, 4) is 5.69 Å². The molecule has 0 saturated carbocycles. The van der Waals surface area contributed by atoms with Crippen molar-refractivity contribution < 1.29 is 4.79 Å². The molecule has 0 bridgehead atoms. The molecule has 3 aromatic rings. The van der Waals surface area contributed by atoms with Crippen LogP contribution in [0.1, 0.15) is 27.3 Å². The highest BCUT2D eigenvalue weighted by Crippen LogP contribution is 2.13. The van der Waals surface area contributed by atoms with Gasteiger partial charge in [0.05, 0.1) is 11.4 Å². The van der Waals surface area contributed by atoms with E-state index in [0.29, 0.717) is 12.1 Å². The quantitative estimate of drug-likeness (QED) is 0.786. The molecular formula is C19H20N4O. The predicted molar refractivity (Wildman–Crippen MR) is 93.3 cm³/mol. The van der Waals surface area contributed by atoms with Gasteiger partial charge in [-0.3, -0.25) is 9.78 Å². The zero-order valence-electron chi connectivity index (χ0n) is 13.9. The highest BCUT2D eigenvalue weighted by atomic mass is 16.1. The number of aromatic nitrogens is 3. The maximum Gasteiger partial charge on any atom is 0.251 e. The van der Waals surface area contributed by atoms with Gasteiger partial charge in [0.2, 0.25) is 0 Å². The molecule has 1 aromatic carbocycles. The predicted octanol–water partition coefficient (Wildman–Crippen LogP) is 2.86. The Hall–Kier alpha value is -2.95. The third kappa shape index (κ3) is 3.68. The second kappa shape index (κ2) is 7.08. The highest BCUT2D eigenvalue weighted by Gasteiger charge is 2.05. The van der Waals surface area contributed by atoms with Crippen LogP contribution in [-0.4, -0.2) is 27.2 Å². The van der Waals surface area contributed by atoms with Crippen LogP contribution in [0.4, 0.5) is 0 Å². The number of carbonyl (C=O) groups is 1. The summed E-state index contributed by atoms with van der Waals surface area (Å²) >= 11 is 0. The van der Waals surface area contributed by atoms with E-state index in [2.05, 4.69) is 45.7 Å². The minimum Gasteiger partial charge on any atom is -0.352 e. The summed E-state index contributed by atoms with van der Waals surface area (Å²) < 4.78 is 1.93. The van der Waals surface area contributed by atoms with Crippen molar-refractivity contribution in [2.75, 3.05) is 6.54 Å². The fraction of sp³-hybridized carbons (Fsp3) is 0.211. The lowest BCUT2D eigenvalue weighted by molar-refractivity contribution is 0.0954. The molecule has 0 fully saturated rings. The van der Waals surface area contributed by atoms with E-state index < -0.39 is 0 Å². The summed E-state index contributed by atoms with van der Waals surface area (Å²) in [6.45, 7) is 4.63. The fourth-order valence-electron chi connectivity index (χ4n) is 2.62. The van der Waals surface area contributed by atoms with Crippen molar-refractivity contribution in [1.29, 1.82) is 0 Å². The molecule has 0 radical (unpaired) electrons. The molecule has 0 spiro atoms. The molecule has 1 N–H and O–H groups in total. The Balaban J connectivity index is 1.57. The number of nitrogens with one attached hydrogen (secondary N) is 1. The van der Waals surface area contributed by atoms with Gasteiger partial charge in [-0.15, -0.1) is 0 Å². The Morgan fingerprint density at radius 3 is 2.42 bits per heavy atom. The first-order chi connectivity index (χ1) is 11.6. The molecule has 0 atom stereocenters. The zero-order valence-corrected chi connectivity index (χ0v) is 13.9. The zero-order chi connectivity index (χ0) is 16.9. The molecule has 0 aliphatic heterocycles. The van der Waals surface area contributed by atoms with E-state index in [1.54, 1.807) is 24.5 Å². The van der Waals surface area contributed by atoms with E-state index in [-0.39, 0.29) is 5.91 Å². The number of benzene rings is 1. The Labute approximate surface area is 141 Å². The number of hydrogen-bond acceptors (Lipinski definition) is 3. The van der Waals surface area contributed by atoms with E-state index >= 15 is 0 Å². The smallest absolute Gasteiger partial charge is 0.251 e. The Kier molecular flexibility index (Phi) is 4.70. The van der Waals surface area contributed by atoms with Crippen LogP contribution in [0.5, 0.6) is 0 Å². The average Bonchev–Trinajstić information content (AvgIpc) is 2.94. The normalized spacial score (nSPS) is 10.6. The lowest BCUT2D eigenvalue weighted by Crippen LogP contribution is -2.25.